The van der Waals surface area contributed by atoms with E-state index >= 15 is 0 Å². The number of likely N-dealkylation sites (tertiary alicyclic amines) is 1. The molecule has 0 atom stereocenters. The summed E-state index contributed by atoms with van der Waals surface area (Å²) in [6, 6.07) is 5.29. The number of nitrogen functional groups attached to an aromatic ring is 1. The molecule has 1 saturated heterocycles. The lowest BCUT2D eigenvalue weighted by molar-refractivity contribution is 0.0725. The van der Waals surface area contributed by atoms with Gasteiger partial charge in [-0.1, -0.05) is 0 Å². The minimum Gasteiger partial charge on any atom is -0.494 e. The van der Waals surface area contributed by atoms with Crippen LogP contribution in [0.5, 0.6) is 5.75 Å². The lowest BCUT2D eigenvalue weighted by atomic mass is 10.1. The number of hydrogen-bond donors (Lipinski definition) is 1. The van der Waals surface area contributed by atoms with Crippen LogP contribution in [0.15, 0.2) is 18.2 Å². The molecule has 1 aromatic rings. The van der Waals surface area contributed by atoms with Crippen molar-refractivity contribution in [3.8, 4) is 5.75 Å². The van der Waals surface area contributed by atoms with Crippen molar-refractivity contribution < 1.29 is 9.53 Å². The monoisotopic (exact) mass is 248 g/mol. The first-order chi connectivity index (χ1) is 8.72. The standard InChI is InChI=1S/C14H20N2O2/c1-2-18-11-6-7-12(13(15)10-11)14(17)16-8-4-3-5-9-16/h6-7,10H,2-5,8-9,15H2,1H3. The third kappa shape index (κ3) is 2.75. The zero-order valence-electron chi connectivity index (χ0n) is 10.8. The highest BCUT2D eigenvalue weighted by atomic mass is 16.5. The summed E-state index contributed by atoms with van der Waals surface area (Å²) in [6.07, 6.45) is 3.38. The van der Waals surface area contributed by atoms with Crippen LogP contribution in [-0.4, -0.2) is 30.5 Å². The molecule has 18 heavy (non-hydrogen) atoms. The van der Waals surface area contributed by atoms with Gasteiger partial charge >= 0.3 is 0 Å². The van der Waals surface area contributed by atoms with Gasteiger partial charge in [0.05, 0.1) is 12.2 Å². The molecule has 98 valence electrons. The Morgan fingerprint density at radius 3 is 2.67 bits per heavy atom. The fraction of sp³-hybridized carbons (Fsp3) is 0.500. The van der Waals surface area contributed by atoms with E-state index in [1.807, 2.05) is 11.8 Å². The summed E-state index contributed by atoms with van der Waals surface area (Å²) in [6.45, 7) is 4.19. The Morgan fingerprint density at radius 2 is 2.06 bits per heavy atom. The Morgan fingerprint density at radius 1 is 1.33 bits per heavy atom. The predicted molar refractivity (Wildman–Crippen MR) is 71.8 cm³/mol. The maximum absolute atomic E-state index is 12.3. The van der Waals surface area contributed by atoms with Crippen molar-refractivity contribution in [1.29, 1.82) is 0 Å². The number of amides is 1. The molecular formula is C14H20N2O2. The number of carbonyl (C=O) groups is 1. The highest BCUT2D eigenvalue weighted by Crippen LogP contribution is 2.22. The van der Waals surface area contributed by atoms with E-state index in [1.165, 1.54) is 6.42 Å². The maximum Gasteiger partial charge on any atom is 0.255 e. The topological polar surface area (TPSA) is 55.6 Å². The molecule has 4 heteroatoms. The number of benzene rings is 1. The average molecular weight is 248 g/mol. The van der Waals surface area contributed by atoms with Crippen LogP contribution in [0, 0.1) is 0 Å². The van der Waals surface area contributed by atoms with E-state index in [-0.39, 0.29) is 5.91 Å². The van der Waals surface area contributed by atoms with Gasteiger partial charge in [0.1, 0.15) is 5.75 Å². The molecule has 1 aliphatic heterocycles. The molecule has 1 fully saturated rings. The normalized spacial score (nSPS) is 15.5. The van der Waals surface area contributed by atoms with Crippen molar-refractivity contribution in [3.05, 3.63) is 23.8 Å². The SMILES string of the molecule is CCOc1ccc(C(=O)N2CCCCC2)c(N)c1. The van der Waals surface area contributed by atoms with Crippen molar-refractivity contribution in [2.45, 2.75) is 26.2 Å². The molecule has 1 aromatic carbocycles. The molecule has 4 nitrogen and oxygen atoms in total. The lowest BCUT2D eigenvalue weighted by Gasteiger charge is -2.27. The van der Waals surface area contributed by atoms with Crippen molar-refractivity contribution in [1.82, 2.24) is 4.90 Å². The zero-order valence-corrected chi connectivity index (χ0v) is 10.8. The molecule has 0 spiro atoms. The van der Waals surface area contributed by atoms with Gasteiger partial charge in [0, 0.05) is 24.8 Å². The molecule has 2 rings (SSSR count). The number of nitrogens with zero attached hydrogens (tertiary/aromatic N) is 1. The van der Waals surface area contributed by atoms with Gasteiger partial charge in [-0.05, 0) is 38.3 Å². The summed E-state index contributed by atoms with van der Waals surface area (Å²) in [7, 11) is 0. The number of carbonyl (C=O) groups excluding carboxylic acids is 1. The number of ether oxygens (including phenoxy) is 1. The van der Waals surface area contributed by atoms with Gasteiger partial charge in [-0.25, -0.2) is 0 Å². The van der Waals surface area contributed by atoms with E-state index in [2.05, 4.69) is 0 Å². The minimum atomic E-state index is 0.0373. The van der Waals surface area contributed by atoms with E-state index in [4.69, 9.17) is 10.5 Å². The van der Waals surface area contributed by atoms with Crippen LogP contribution in [-0.2, 0) is 0 Å². The Balaban J connectivity index is 2.14. The summed E-state index contributed by atoms with van der Waals surface area (Å²) in [5.74, 6) is 0.750. The van der Waals surface area contributed by atoms with Crippen molar-refractivity contribution >= 4 is 11.6 Å². The van der Waals surface area contributed by atoms with Crippen molar-refractivity contribution in [3.63, 3.8) is 0 Å². The van der Waals surface area contributed by atoms with Crippen LogP contribution >= 0.6 is 0 Å². The third-order valence-electron chi connectivity index (χ3n) is 3.21. The number of hydrogen-bond acceptors (Lipinski definition) is 3. The summed E-state index contributed by atoms with van der Waals surface area (Å²) in [5.41, 5.74) is 7.01. The number of piperidine rings is 1. The van der Waals surface area contributed by atoms with Gasteiger partial charge in [0.2, 0.25) is 0 Å². The van der Waals surface area contributed by atoms with Crippen molar-refractivity contribution in [2.75, 3.05) is 25.4 Å². The Bertz CT molecular complexity index is 426. The molecule has 1 aliphatic rings. The quantitative estimate of drug-likeness (QED) is 0.835. The Kier molecular flexibility index (Phi) is 4.07. The summed E-state index contributed by atoms with van der Waals surface area (Å²) >= 11 is 0. The second-order valence-corrected chi connectivity index (χ2v) is 4.53. The predicted octanol–water partition coefficient (Wildman–Crippen LogP) is 2.29. The minimum absolute atomic E-state index is 0.0373. The Labute approximate surface area is 108 Å². The molecule has 0 aromatic heterocycles. The second-order valence-electron chi connectivity index (χ2n) is 4.53. The van der Waals surface area contributed by atoms with Crippen LogP contribution in [0.1, 0.15) is 36.5 Å². The maximum atomic E-state index is 12.3. The van der Waals surface area contributed by atoms with Gasteiger partial charge in [0.15, 0.2) is 0 Å². The molecule has 1 heterocycles. The van der Waals surface area contributed by atoms with Crippen LogP contribution in [0.2, 0.25) is 0 Å². The molecule has 0 radical (unpaired) electrons. The summed E-state index contributed by atoms with van der Waals surface area (Å²) in [5, 5.41) is 0. The molecule has 0 saturated carbocycles. The third-order valence-corrected chi connectivity index (χ3v) is 3.21. The van der Waals surface area contributed by atoms with E-state index in [9.17, 15) is 4.79 Å². The number of rotatable bonds is 3. The summed E-state index contributed by atoms with van der Waals surface area (Å²) in [4.78, 5) is 14.2. The first-order valence-corrected chi connectivity index (χ1v) is 6.54. The van der Waals surface area contributed by atoms with Gasteiger partial charge in [-0.2, -0.15) is 0 Å². The highest BCUT2D eigenvalue weighted by Gasteiger charge is 2.20. The molecule has 0 unspecified atom stereocenters. The largest absolute Gasteiger partial charge is 0.494 e. The average Bonchev–Trinajstić information content (AvgIpc) is 2.40. The van der Waals surface area contributed by atoms with Gasteiger partial charge in [-0.15, -0.1) is 0 Å². The fourth-order valence-corrected chi connectivity index (χ4v) is 2.26. The van der Waals surface area contributed by atoms with Gasteiger partial charge < -0.3 is 15.4 Å². The Hall–Kier alpha value is -1.71. The highest BCUT2D eigenvalue weighted by molar-refractivity contribution is 5.99. The van der Waals surface area contributed by atoms with E-state index in [0.717, 1.165) is 25.9 Å². The van der Waals surface area contributed by atoms with E-state index in [0.29, 0.717) is 23.6 Å². The fourth-order valence-electron chi connectivity index (χ4n) is 2.26. The zero-order chi connectivity index (χ0) is 13.0. The second kappa shape index (κ2) is 5.76. The van der Waals surface area contributed by atoms with Crippen LogP contribution in [0.25, 0.3) is 0 Å². The van der Waals surface area contributed by atoms with Gasteiger partial charge in [0.25, 0.3) is 5.91 Å². The molecule has 2 N–H and O–H groups in total. The smallest absolute Gasteiger partial charge is 0.255 e. The van der Waals surface area contributed by atoms with Crippen LogP contribution < -0.4 is 10.5 Å². The molecular weight excluding hydrogens is 228 g/mol. The number of anilines is 1. The molecule has 0 aliphatic carbocycles. The van der Waals surface area contributed by atoms with E-state index in [1.54, 1.807) is 18.2 Å². The van der Waals surface area contributed by atoms with Crippen molar-refractivity contribution in [2.24, 2.45) is 0 Å². The summed E-state index contributed by atoms with van der Waals surface area (Å²) < 4.78 is 5.36. The molecule has 1 amide bonds. The first kappa shape index (κ1) is 12.7. The van der Waals surface area contributed by atoms with E-state index < -0.39 is 0 Å². The number of nitrogens with two attached hydrogens (primary N) is 1. The molecule has 0 bridgehead atoms. The van der Waals surface area contributed by atoms with Crippen LogP contribution in [0.4, 0.5) is 5.69 Å². The lowest BCUT2D eigenvalue weighted by Crippen LogP contribution is -2.35. The first-order valence-electron chi connectivity index (χ1n) is 6.54. The van der Waals surface area contributed by atoms with Gasteiger partial charge in [-0.3, -0.25) is 4.79 Å². The van der Waals surface area contributed by atoms with Crippen LogP contribution in [0.3, 0.4) is 0 Å².